The maximum Gasteiger partial charge on any atom is 0.255 e. The zero-order valence-electron chi connectivity index (χ0n) is 10.6. The van der Waals surface area contributed by atoms with Crippen molar-refractivity contribution in [1.82, 2.24) is 19.6 Å². The average molecular weight is 233 g/mol. The van der Waals surface area contributed by atoms with Crippen molar-refractivity contribution >= 4 is 5.78 Å². The number of nitrogens with two attached hydrogens (primary N) is 1. The van der Waals surface area contributed by atoms with Crippen LogP contribution in [0.3, 0.4) is 0 Å². The lowest BCUT2D eigenvalue weighted by Crippen LogP contribution is -2.14. The van der Waals surface area contributed by atoms with Gasteiger partial charge in [0.15, 0.2) is 0 Å². The van der Waals surface area contributed by atoms with Crippen molar-refractivity contribution in [2.45, 2.75) is 46.1 Å². The highest BCUT2D eigenvalue weighted by Crippen LogP contribution is 2.10. The van der Waals surface area contributed by atoms with Crippen LogP contribution in [-0.4, -0.2) is 25.6 Å². The van der Waals surface area contributed by atoms with Gasteiger partial charge < -0.3 is 5.73 Å². The highest BCUT2D eigenvalue weighted by atomic mass is 15.3. The van der Waals surface area contributed by atoms with E-state index < -0.39 is 0 Å². The number of nitrogens with zero attached hydrogens (tertiary/aromatic N) is 4. The minimum Gasteiger partial charge on any atom is -0.328 e. The molecule has 0 spiro atoms. The SMILES string of the molecule is Cc1cc(C)n2c(CCCC(C)N)nnc2n1. The fourth-order valence-corrected chi connectivity index (χ4v) is 2.04. The molecular weight excluding hydrogens is 214 g/mol. The molecule has 0 fully saturated rings. The van der Waals surface area contributed by atoms with Gasteiger partial charge in [-0.3, -0.25) is 4.40 Å². The van der Waals surface area contributed by atoms with Crippen LogP contribution in [-0.2, 0) is 6.42 Å². The molecular formula is C12H19N5. The number of rotatable bonds is 4. The third-order valence-electron chi connectivity index (χ3n) is 2.82. The van der Waals surface area contributed by atoms with Crippen LogP contribution >= 0.6 is 0 Å². The van der Waals surface area contributed by atoms with Crippen molar-refractivity contribution in [1.29, 1.82) is 0 Å². The van der Waals surface area contributed by atoms with Gasteiger partial charge in [-0.05, 0) is 39.7 Å². The van der Waals surface area contributed by atoms with E-state index in [1.54, 1.807) is 0 Å². The highest BCUT2D eigenvalue weighted by Gasteiger charge is 2.09. The van der Waals surface area contributed by atoms with Gasteiger partial charge in [0, 0.05) is 23.9 Å². The topological polar surface area (TPSA) is 69.1 Å². The Morgan fingerprint density at radius 2 is 2.12 bits per heavy atom. The van der Waals surface area contributed by atoms with E-state index in [9.17, 15) is 0 Å². The number of aryl methyl sites for hydroxylation is 3. The molecule has 92 valence electrons. The summed E-state index contributed by atoms with van der Waals surface area (Å²) < 4.78 is 2.02. The van der Waals surface area contributed by atoms with Gasteiger partial charge in [-0.1, -0.05) is 0 Å². The molecule has 2 aromatic heterocycles. The molecule has 1 atom stereocenters. The molecule has 0 bridgehead atoms. The second-order valence-corrected chi connectivity index (χ2v) is 4.66. The maximum atomic E-state index is 5.74. The molecule has 0 aromatic carbocycles. The summed E-state index contributed by atoms with van der Waals surface area (Å²) in [6.07, 6.45) is 2.94. The van der Waals surface area contributed by atoms with Gasteiger partial charge in [0.1, 0.15) is 5.82 Å². The number of fused-ring (bicyclic) bond motifs is 1. The van der Waals surface area contributed by atoms with Crippen LogP contribution < -0.4 is 5.73 Å². The summed E-state index contributed by atoms with van der Waals surface area (Å²) in [6.45, 7) is 6.05. The van der Waals surface area contributed by atoms with Crippen molar-refractivity contribution in [3.8, 4) is 0 Å². The summed E-state index contributed by atoms with van der Waals surface area (Å²) in [5.41, 5.74) is 7.85. The van der Waals surface area contributed by atoms with Crippen LogP contribution in [0.2, 0.25) is 0 Å². The first-order valence-corrected chi connectivity index (χ1v) is 6.02. The van der Waals surface area contributed by atoms with Gasteiger partial charge in [0.25, 0.3) is 5.78 Å². The lowest BCUT2D eigenvalue weighted by atomic mass is 10.1. The van der Waals surface area contributed by atoms with Crippen molar-refractivity contribution < 1.29 is 0 Å². The zero-order valence-corrected chi connectivity index (χ0v) is 10.6. The Labute approximate surface area is 101 Å². The molecule has 5 heteroatoms. The minimum absolute atomic E-state index is 0.246. The first-order valence-electron chi connectivity index (χ1n) is 6.02. The molecule has 0 saturated carbocycles. The van der Waals surface area contributed by atoms with E-state index in [1.807, 2.05) is 24.3 Å². The molecule has 2 N–H and O–H groups in total. The summed E-state index contributed by atoms with van der Waals surface area (Å²) in [7, 11) is 0. The Balaban J connectivity index is 2.24. The lowest BCUT2D eigenvalue weighted by molar-refractivity contribution is 0.611. The predicted molar refractivity (Wildman–Crippen MR) is 66.8 cm³/mol. The minimum atomic E-state index is 0.246. The summed E-state index contributed by atoms with van der Waals surface area (Å²) in [4.78, 5) is 4.36. The second kappa shape index (κ2) is 4.79. The molecule has 0 amide bonds. The van der Waals surface area contributed by atoms with Crippen LogP contribution in [0.1, 0.15) is 37.0 Å². The quantitative estimate of drug-likeness (QED) is 0.867. The summed E-state index contributed by atoms with van der Waals surface area (Å²) in [6, 6.07) is 2.29. The van der Waals surface area contributed by atoms with E-state index in [0.29, 0.717) is 5.78 Å². The molecule has 2 heterocycles. The third kappa shape index (κ3) is 2.61. The van der Waals surface area contributed by atoms with E-state index in [-0.39, 0.29) is 6.04 Å². The summed E-state index contributed by atoms with van der Waals surface area (Å²) >= 11 is 0. The zero-order chi connectivity index (χ0) is 12.4. The van der Waals surface area contributed by atoms with Crippen molar-refractivity contribution in [2.24, 2.45) is 5.73 Å². The molecule has 5 nitrogen and oxygen atoms in total. The third-order valence-corrected chi connectivity index (χ3v) is 2.82. The Morgan fingerprint density at radius 1 is 1.35 bits per heavy atom. The lowest BCUT2D eigenvalue weighted by Gasteiger charge is -2.05. The fourth-order valence-electron chi connectivity index (χ4n) is 2.04. The summed E-state index contributed by atoms with van der Waals surface area (Å²) in [5.74, 6) is 1.67. The second-order valence-electron chi connectivity index (χ2n) is 4.66. The van der Waals surface area contributed by atoms with E-state index in [0.717, 1.165) is 36.5 Å². The Bertz CT molecular complexity index is 515. The van der Waals surface area contributed by atoms with Crippen molar-refractivity contribution in [3.05, 3.63) is 23.3 Å². The van der Waals surface area contributed by atoms with Gasteiger partial charge in [-0.25, -0.2) is 4.98 Å². The van der Waals surface area contributed by atoms with E-state index in [4.69, 9.17) is 5.73 Å². The normalized spacial score (nSPS) is 13.2. The standard InChI is InChI=1S/C12H19N5/c1-8(13)5-4-6-11-15-16-12-14-9(2)7-10(3)17(11)12/h7-8H,4-6,13H2,1-3H3. The van der Waals surface area contributed by atoms with E-state index >= 15 is 0 Å². The molecule has 1 unspecified atom stereocenters. The number of aromatic nitrogens is 4. The first-order chi connectivity index (χ1) is 8.08. The van der Waals surface area contributed by atoms with Gasteiger partial charge in [0.2, 0.25) is 0 Å². The highest BCUT2D eigenvalue weighted by molar-refractivity contribution is 5.32. The van der Waals surface area contributed by atoms with Crippen molar-refractivity contribution in [2.75, 3.05) is 0 Å². The molecule has 17 heavy (non-hydrogen) atoms. The van der Waals surface area contributed by atoms with Gasteiger partial charge >= 0.3 is 0 Å². The molecule has 0 saturated heterocycles. The average Bonchev–Trinajstić information content (AvgIpc) is 2.60. The van der Waals surface area contributed by atoms with Crippen LogP contribution in [0.25, 0.3) is 5.78 Å². The summed E-state index contributed by atoms with van der Waals surface area (Å²) in [5, 5.41) is 8.31. The van der Waals surface area contributed by atoms with Crippen LogP contribution in [0.15, 0.2) is 6.07 Å². The van der Waals surface area contributed by atoms with E-state index in [1.165, 1.54) is 0 Å². The van der Waals surface area contributed by atoms with Crippen LogP contribution in [0, 0.1) is 13.8 Å². The molecule has 0 aliphatic heterocycles. The van der Waals surface area contributed by atoms with E-state index in [2.05, 4.69) is 22.1 Å². The van der Waals surface area contributed by atoms with Crippen LogP contribution in [0.4, 0.5) is 0 Å². The van der Waals surface area contributed by atoms with Gasteiger partial charge in [0.05, 0.1) is 0 Å². The largest absolute Gasteiger partial charge is 0.328 e. The van der Waals surface area contributed by atoms with Gasteiger partial charge in [-0.2, -0.15) is 0 Å². The van der Waals surface area contributed by atoms with Gasteiger partial charge in [-0.15, -0.1) is 10.2 Å². The number of hydrogen-bond acceptors (Lipinski definition) is 4. The Morgan fingerprint density at radius 3 is 2.82 bits per heavy atom. The molecule has 2 rings (SSSR count). The smallest absolute Gasteiger partial charge is 0.255 e. The molecule has 0 aliphatic carbocycles. The Hall–Kier alpha value is -1.49. The fraction of sp³-hybridized carbons (Fsp3) is 0.583. The molecule has 2 aromatic rings. The Kier molecular flexibility index (Phi) is 3.38. The maximum absolute atomic E-state index is 5.74. The predicted octanol–water partition coefficient (Wildman–Crippen LogP) is 1.41. The monoisotopic (exact) mass is 233 g/mol. The first kappa shape index (κ1) is 12.0. The van der Waals surface area contributed by atoms with Crippen LogP contribution in [0.5, 0.6) is 0 Å². The molecule has 0 aliphatic rings. The van der Waals surface area contributed by atoms with Crippen molar-refractivity contribution in [3.63, 3.8) is 0 Å². The number of hydrogen-bond donors (Lipinski definition) is 1. The molecule has 0 radical (unpaired) electrons.